The first-order valence-electron chi connectivity index (χ1n) is 7.32. The molecule has 0 amide bonds. The third kappa shape index (κ3) is 2.56. The molecule has 0 unspecified atom stereocenters. The smallest absolute Gasteiger partial charge is 0.0745 e. The molecular weight excluding hydrogens is 248 g/mol. The van der Waals surface area contributed by atoms with Crippen LogP contribution in [0.3, 0.4) is 0 Å². The number of rotatable bonds is 4. The second-order valence-electron chi connectivity index (χ2n) is 5.55. The average Bonchev–Trinajstić information content (AvgIpc) is 2.98. The van der Waals surface area contributed by atoms with Crippen LogP contribution in [0.5, 0.6) is 0 Å². The fourth-order valence-corrected chi connectivity index (χ4v) is 2.98. The van der Waals surface area contributed by atoms with Gasteiger partial charge in [0.25, 0.3) is 0 Å². The van der Waals surface area contributed by atoms with E-state index in [4.69, 9.17) is 5.73 Å². The fraction of sp³-hybridized carbons (Fsp3) is 0.438. The molecule has 106 valence electrons. The molecule has 2 heterocycles. The van der Waals surface area contributed by atoms with Crippen molar-refractivity contribution in [3.8, 4) is 0 Å². The molecule has 0 aliphatic carbocycles. The van der Waals surface area contributed by atoms with Crippen molar-refractivity contribution >= 4 is 22.3 Å². The third-order valence-corrected chi connectivity index (χ3v) is 4.11. The van der Waals surface area contributed by atoms with Crippen LogP contribution < -0.4 is 10.6 Å². The predicted molar refractivity (Wildman–Crippen MR) is 85.1 cm³/mol. The lowest BCUT2D eigenvalue weighted by Gasteiger charge is -2.25. The van der Waals surface area contributed by atoms with E-state index in [2.05, 4.69) is 27.9 Å². The van der Waals surface area contributed by atoms with Crippen LogP contribution in [0.4, 0.5) is 11.4 Å². The quantitative estimate of drug-likeness (QED) is 0.926. The van der Waals surface area contributed by atoms with Gasteiger partial charge in [-0.25, -0.2) is 0 Å². The number of anilines is 2. The van der Waals surface area contributed by atoms with Gasteiger partial charge in [0.05, 0.1) is 23.1 Å². The number of aromatic nitrogens is 1. The summed E-state index contributed by atoms with van der Waals surface area (Å²) in [5.41, 5.74) is 9.02. The summed E-state index contributed by atoms with van der Waals surface area (Å²) in [6.07, 6.45) is 4.44. The van der Waals surface area contributed by atoms with Gasteiger partial charge in [-0.05, 0) is 32.0 Å². The van der Waals surface area contributed by atoms with Crippen LogP contribution in [-0.2, 0) is 0 Å². The first-order valence-corrected chi connectivity index (χ1v) is 7.32. The van der Waals surface area contributed by atoms with Gasteiger partial charge in [0.1, 0.15) is 0 Å². The molecular formula is C16H22N4. The summed E-state index contributed by atoms with van der Waals surface area (Å²) >= 11 is 0. The van der Waals surface area contributed by atoms with Gasteiger partial charge in [0.15, 0.2) is 0 Å². The van der Waals surface area contributed by atoms with Crippen LogP contribution in [0, 0.1) is 0 Å². The second kappa shape index (κ2) is 5.67. The molecule has 0 spiro atoms. The van der Waals surface area contributed by atoms with Crippen molar-refractivity contribution in [3.63, 3.8) is 0 Å². The van der Waals surface area contributed by atoms with Crippen LogP contribution in [0.1, 0.15) is 12.8 Å². The zero-order valence-corrected chi connectivity index (χ0v) is 12.0. The number of hydrogen-bond donors (Lipinski definition) is 1. The van der Waals surface area contributed by atoms with Gasteiger partial charge in [0.2, 0.25) is 0 Å². The average molecular weight is 270 g/mol. The zero-order chi connectivity index (χ0) is 13.9. The lowest BCUT2D eigenvalue weighted by molar-refractivity contribution is 0.347. The van der Waals surface area contributed by atoms with E-state index in [1.807, 2.05) is 18.2 Å². The Morgan fingerprint density at radius 3 is 2.80 bits per heavy atom. The van der Waals surface area contributed by atoms with E-state index in [-0.39, 0.29) is 0 Å². The Morgan fingerprint density at radius 2 is 2.00 bits per heavy atom. The highest BCUT2D eigenvalue weighted by molar-refractivity contribution is 5.97. The molecule has 1 aliphatic rings. The van der Waals surface area contributed by atoms with E-state index in [1.54, 1.807) is 6.20 Å². The molecule has 20 heavy (non-hydrogen) atoms. The lowest BCUT2D eigenvalue weighted by atomic mass is 10.1. The number of fused-ring (bicyclic) bond motifs is 1. The van der Waals surface area contributed by atoms with Gasteiger partial charge >= 0.3 is 0 Å². The van der Waals surface area contributed by atoms with Crippen molar-refractivity contribution in [1.29, 1.82) is 0 Å². The summed E-state index contributed by atoms with van der Waals surface area (Å²) in [5.74, 6) is 0. The Morgan fingerprint density at radius 1 is 1.25 bits per heavy atom. The molecule has 0 atom stereocenters. The summed E-state index contributed by atoms with van der Waals surface area (Å²) in [5, 5.41) is 1.14. The highest BCUT2D eigenvalue weighted by Gasteiger charge is 2.14. The largest absolute Gasteiger partial charge is 0.396 e. The maximum Gasteiger partial charge on any atom is 0.0745 e. The molecule has 1 fully saturated rings. The maximum absolute atomic E-state index is 6.15. The monoisotopic (exact) mass is 270 g/mol. The summed E-state index contributed by atoms with van der Waals surface area (Å²) in [7, 11) is 2.12. The van der Waals surface area contributed by atoms with Gasteiger partial charge in [-0.15, -0.1) is 0 Å². The molecule has 3 rings (SSSR count). The number of likely N-dealkylation sites (tertiary alicyclic amines) is 1. The summed E-state index contributed by atoms with van der Waals surface area (Å²) < 4.78 is 0. The van der Waals surface area contributed by atoms with Crippen molar-refractivity contribution in [2.24, 2.45) is 0 Å². The minimum absolute atomic E-state index is 0.757. The van der Waals surface area contributed by atoms with Crippen molar-refractivity contribution in [3.05, 3.63) is 30.5 Å². The topological polar surface area (TPSA) is 45.4 Å². The Labute approximate surface area is 120 Å². The molecule has 2 aromatic rings. The Balaban J connectivity index is 1.82. The second-order valence-corrected chi connectivity index (χ2v) is 5.55. The molecule has 1 aromatic heterocycles. The Bertz CT molecular complexity index is 590. The highest BCUT2D eigenvalue weighted by Crippen LogP contribution is 2.30. The van der Waals surface area contributed by atoms with E-state index in [0.717, 1.165) is 35.4 Å². The van der Waals surface area contributed by atoms with Crippen molar-refractivity contribution < 1.29 is 0 Å². The molecule has 1 saturated heterocycles. The van der Waals surface area contributed by atoms with Gasteiger partial charge in [-0.2, -0.15) is 0 Å². The number of benzene rings is 1. The predicted octanol–water partition coefficient (Wildman–Crippen LogP) is 2.35. The van der Waals surface area contributed by atoms with Crippen molar-refractivity contribution in [1.82, 2.24) is 9.88 Å². The fourth-order valence-electron chi connectivity index (χ4n) is 2.98. The van der Waals surface area contributed by atoms with Gasteiger partial charge in [-0.1, -0.05) is 18.2 Å². The van der Waals surface area contributed by atoms with Gasteiger partial charge in [0, 0.05) is 25.5 Å². The Hall–Kier alpha value is -1.81. The van der Waals surface area contributed by atoms with Crippen LogP contribution >= 0.6 is 0 Å². The van der Waals surface area contributed by atoms with E-state index in [1.165, 1.54) is 25.9 Å². The number of pyridine rings is 1. The van der Waals surface area contributed by atoms with Crippen LogP contribution in [0.15, 0.2) is 30.5 Å². The highest BCUT2D eigenvalue weighted by atomic mass is 15.2. The molecule has 0 saturated carbocycles. The van der Waals surface area contributed by atoms with E-state index >= 15 is 0 Å². The van der Waals surface area contributed by atoms with E-state index in [9.17, 15) is 0 Å². The lowest BCUT2D eigenvalue weighted by Crippen LogP contribution is -2.31. The molecule has 4 heteroatoms. The van der Waals surface area contributed by atoms with E-state index in [0.29, 0.717) is 0 Å². The number of likely N-dealkylation sites (N-methyl/N-ethyl adjacent to an activating group) is 1. The minimum atomic E-state index is 0.757. The summed E-state index contributed by atoms with van der Waals surface area (Å²) in [4.78, 5) is 9.18. The summed E-state index contributed by atoms with van der Waals surface area (Å²) in [6.45, 7) is 4.58. The normalized spacial score (nSPS) is 15.8. The van der Waals surface area contributed by atoms with Gasteiger partial charge < -0.3 is 15.5 Å². The third-order valence-electron chi connectivity index (χ3n) is 4.11. The summed E-state index contributed by atoms with van der Waals surface area (Å²) in [6, 6.07) is 8.19. The number of hydrogen-bond acceptors (Lipinski definition) is 4. The minimum Gasteiger partial charge on any atom is -0.396 e. The zero-order valence-electron chi connectivity index (χ0n) is 12.0. The van der Waals surface area contributed by atoms with Gasteiger partial charge in [-0.3, -0.25) is 4.98 Å². The molecule has 1 aliphatic heterocycles. The Kier molecular flexibility index (Phi) is 3.74. The number of nitrogens with two attached hydrogens (primary N) is 1. The molecule has 1 aromatic carbocycles. The molecule has 2 N–H and O–H groups in total. The molecule has 0 radical (unpaired) electrons. The SMILES string of the molecule is CN(CCN1CCCC1)c1c(N)cnc2ccccc12. The van der Waals surface area contributed by atoms with Crippen molar-refractivity contribution in [2.45, 2.75) is 12.8 Å². The molecule has 4 nitrogen and oxygen atoms in total. The standard InChI is InChI=1S/C16H22N4/c1-19(10-11-20-8-4-5-9-20)16-13-6-2-3-7-15(13)18-12-14(16)17/h2-3,6-7,12H,4-5,8-11,17H2,1H3. The molecule has 0 bridgehead atoms. The number of nitrogens with zero attached hydrogens (tertiary/aromatic N) is 3. The van der Waals surface area contributed by atoms with Crippen LogP contribution in [-0.4, -0.2) is 43.1 Å². The first-order chi connectivity index (χ1) is 9.75. The van der Waals surface area contributed by atoms with Crippen molar-refractivity contribution in [2.75, 3.05) is 43.9 Å². The van der Waals surface area contributed by atoms with Crippen LogP contribution in [0.2, 0.25) is 0 Å². The van der Waals surface area contributed by atoms with E-state index < -0.39 is 0 Å². The van der Waals surface area contributed by atoms with Crippen LogP contribution in [0.25, 0.3) is 10.9 Å². The number of para-hydroxylation sites is 1. The maximum atomic E-state index is 6.15. The number of nitrogen functional groups attached to an aromatic ring is 1. The first kappa shape index (κ1) is 13.2.